The van der Waals surface area contributed by atoms with Gasteiger partial charge < -0.3 is 19.2 Å². The Labute approximate surface area is 150 Å². The van der Waals surface area contributed by atoms with E-state index in [1.54, 1.807) is 24.1 Å². The summed E-state index contributed by atoms with van der Waals surface area (Å²) < 4.78 is 11.1. The van der Waals surface area contributed by atoms with Crippen LogP contribution in [0.3, 0.4) is 0 Å². The van der Waals surface area contributed by atoms with Gasteiger partial charge in [-0.1, -0.05) is 24.3 Å². The minimum atomic E-state index is -1.39. The van der Waals surface area contributed by atoms with Gasteiger partial charge in [0.15, 0.2) is 5.72 Å². The van der Waals surface area contributed by atoms with Crippen LogP contribution in [-0.2, 0) is 0 Å². The number of hydrogen-bond acceptors (Lipinski definition) is 5. The summed E-state index contributed by atoms with van der Waals surface area (Å²) in [5, 5.41) is 12.0. The second-order valence-electron chi connectivity index (χ2n) is 6.58. The van der Waals surface area contributed by atoms with Gasteiger partial charge in [0, 0.05) is 35.3 Å². The van der Waals surface area contributed by atoms with Crippen molar-refractivity contribution in [1.82, 2.24) is 0 Å². The van der Waals surface area contributed by atoms with E-state index in [0.717, 1.165) is 22.2 Å². The van der Waals surface area contributed by atoms with E-state index in [9.17, 15) is 9.90 Å². The summed E-state index contributed by atoms with van der Waals surface area (Å²) >= 11 is 0. The summed E-state index contributed by atoms with van der Waals surface area (Å²) in [5.74, 6) is 0.678. The van der Waals surface area contributed by atoms with Crippen LogP contribution in [0.25, 0.3) is 16.5 Å². The van der Waals surface area contributed by atoms with Gasteiger partial charge in [-0.25, -0.2) is 4.79 Å². The van der Waals surface area contributed by atoms with Crippen LogP contribution in [0, 0.1) is 6.92 Å². The molecular weight excluding hydrogens is 330 g/mol. The molecule has 1 unspecified atom stereocenters. The third-order valence-corrected chi connectivity index (χ3v) is 4.94. The molecule has 1 N–H and O–H groups in total. The van der Waals surface area contributed by atoms with Crippen LogP contribution in [0.1, 0.15) is 11.1 Å². The highest BCUT2D eigenvalue weighted by Crippen LogP contribution is 2.47. The highest BCUT2D eigenvalue weighted by molar-refractivity contribution is 6.02. The van der Waals surface area contributed by atoms with Gasteiger partial charge in [-0.05, 0) is 37.3 Å². The Hall–Kier alpha value is -3.05. The monoisotopic (exact) mass is 349 g/mol. The van der Waals surface area contributed by atoms with Crippen molar-refractivity contribution >= 4 is 22.2 Å². The topological polar surface area (TPSA) is 62.9 Å². The quantitative estimate of drug-likeness (QED) is 0.735. The van der Waals surface area contributed by atoms with Crippen molar-refractivity contribution in [2.24, 2.45) is 0 Å². The summed E-state index contributed by atoms with van der Waals surface area (Å²) in [5.41, 5.74) is 1.90. The van der Waals surface area contributed by atoms with Gasteiger partial charge in [0.05, 0.1) is 0 Å². The van der Waals surface area contributed by atoms with E-state index in [2.05, 4.69) is 6.58 Å². The Kier molecular flexibility index (Phi) is 3.63. The molecule has 1 aliphatic rings. The van der Waals surface area contributed by atoms with Gasteiger partial charge in [0.25, 0.3) is 0 Å². The van der Waals surface area contributed by atoms with E-state index in [0.29, 0.717) is 16.9 Å². The molecule has 0 saturated heterocycles. The zero-order valence-electron chi connectivity index (χ0n) is 14.7. The first-order valence-corrected chi connectivity index (χ1v) is 8.32. The Morgan fingerprint density at radius 1 is 1.15 bits per heavy atom. The fourth-order valence-corrected chi connectivity index (χ4v) is 3.34. The van der Waals surface area contributed by atoms with Gasteiger partial charge in [-0.2, -0.15) is 0 Å². The molecule has 1 aliphatic heterocycles. The van der Waals surface area contributed by atoms with E-state index in [1.807, 2.05) is 37.3 Å². The van der Waals surface area contributed by atoms with Gasteiger partial charge in [0.2, 0.25) is 0 Å². The van der Waals surface area contributed by atoms with E-state index >= 15 is 0 Å². The number of benzene rings is 2. The summed E-state index contributed by atoms with van der Waals surface area (Å²) in [7, 11) is 1.79. The number of aryl methyl sites for hydroxylation is 1. The molecule has 5 nitrogen and oxygen atoms in total. The smallest absolute Gasteiger partial charge is 0.336 e. The number of anilines is 1. The van der Waals surface area contributed by atoms with Crippen molar-refractivity contribution < 1.29 is 14.3 Å². The fraction of sp³-hybridized carbons (Fsp3) is 0.190. The largest absolute Gasteiger partial charge is 0.488 e. The number of rotatable bonds is 3. The van der Waals surface area contributed by atoms with E-state index in [1.165, 1.54) is 6.07 Å². The number of hydrogen-bond donors (Lipinski definition) is 1. The lowest BCUT2D eigenvalue weighted by Crippen LogP contribution is -2.48. The second-order valence-corrected chi connectivity index (χ2v) is 6.58. The maximum atomic E-state index is 11.5. The van der Waals surface area contributed by atoms with Crippen molar-refractivity contribution in [3.63, 3.8) is 0 Å². The third kappa shape index (κ3) is 2.40. The highest BCUT2D eigenvalue weighted by Gasteiger charge is 2.45. The minimum absolute atomic E-state index is 0.0261. The molecule has 2 heterocycles. The maximum absolute atomic E-state index is 11.5. The summed E-state index contributed by atoms with van der Waals surface area (Å²) in [6.07, 6.45) is 0. The van der Waals surface area contributed by atoms with Gasteiger partial charge in [-0.3, -0.25) is 0 Å². The Morgan fingerprint density at radius 3 is 2.62 bits per heavy atom. The zero-order chi connectivity index (χ0) is 18.5. The van der Waals surface area contributed by atoms with Crippen molar-refractivity contribution in [1.29, 1.82) is 0 Å². The number of aliphatic hydroxyl groups is 1. The van der Waals surface area contributed by atoms with Crippen LogP contribution < -0.4 is 15.3 Å². The van der Waals surface area contributed by atoms with Gasteiger partial charge >= 0.3 is 5.63 Å². The molecule has 0 aliphatic carbocycles. The van der Waals surface area contributed by atoms with E-state index < -0.39 is 11.4 Å². The standard InChI is InChI=1S/C21H19NO4/c1-13-4-6-15(7-5-13)25-12-21(24)14(2)20-16-8-11-19(23)26-18(16)10-9-17(20)22(21)3/h4-11,24H,2,12H2,1,3H3. The maximum Gasteiger partial charge on any atom is 0.336 e. The molecule has 0 fully saturated rings. The predicted molar refractivity (Wildman–Crippen MR) is 102 cm³/mol. The molecule has 0 amide bonds. The Morgan fingerprint density at radius 2 is 1.88 bits per heavy atom. The summed E-state index contributed by atoms with van der Waals surface area (Å²) in [6.45, 7) is 6.14. The SMILES string of the molecule is C=C1c2c(ccc3oc(=O)ccc23)N(C)C1(O)COc1ccc(C)cc1. The van der Waals surface area contributed by atoms with E-state index in [4.69, 9.17) is 9.15 Å². The molecule has 1 atom stereocenters. The van der Waals surface area contributed by atoms with Crippen molar-refractivity contribution in [3.8, 4) is 5.75 Å². The minimum Gasteiger partial charge on any atom is -0.488 e. The molecule has 3 aromatic rings. The molecule has 0 spiro atoms. The predicted octanol–water partition coefficient (Wildman–Crippen LogP) is 3.33. The zero-order valence-corrected chi connectivity index (χ0v) is 14.7. The molecule has 2 aromatic carbocycles. The molecule has 0 radical (unpaired) electrons. The Bertz CT molecular complexity index is 1070. The third-order valence-electron chi connectivity index (χ3n) is 4.94. The summed E-state index contributed by atoms with van der Waals surface area (Å²) in [4.78, 5) is 13.2. The molecule has 0 bridgehead atoms. The number of likely N-dealkylation sites (N-methyl/N-ethyl adjacent to an activating group) is 1. The average molecular weight is 349 g/mol. The van der Waals surface area contributed by atoms with Crippen LogP contribution in [0.2, 0.25) is 0 Å². The normalized spacial score (nSPS) is 19.0. The molecular formula is C21H19NO4. The first-order chi connectivity index (χ1) is 12.4. The van der Waals surface area contributed by atoms with Gasteiger partial charge in [-0.15, -0.1) is 0 Å². The first kappa shape index (κ1) is 16.4. The van der Waals surface area contributed by atoms with Crippen molar-refractivity contribution in [2.45, 2.75) is 12.6 Å². The molecule has 132 valence electrons. The first-order valence-electron chi connectivity index (χ1n) is 8.32. The molecule has 5 heteroatoms. The van der Waals surface area contributed by atoms with Crippen LogP contribution >= 0.6 is 0 Å². The second kappa shape index (κ2) is 5.75. The molecule has 1 aromatic heterocycles. The number of ether oxygens (including phenoxy) is 1. The van der Waals surface area contributed by atoms with Crippen molar-refractivity contribution in [2.75, 3.05) is 18.6 Å². The average Bonchev–Trinajstić information content (AvgIpc) is 2.83. The molecule has 26 heavy (non-hydrogen) atoms. The van der Waals surface area contributed by atoms with E-state index in [-0.39, 0.29) is 6.61 Å². The lowest BCUT2D eigenvalue weighted by atomic mass is 9.98. The van der Waals surface area contributed by atoms with Gasteiger partial charge in [0.1, 0.15) is 17.9 Å². The summed E-state index contributed by atoms with van der Waals surface area (Å²) in [6, 6.07) is 14.3. The molecule has 4 rings (SSSR count). The highest BCUT2D eigenvalue weighted by atomic mass is 16.5. The molecule has 0 saturated carbocycles. The Balaban J connectivity index is 1.71. The lowest BCUT2D eigenvalue weighted by molar-refractivity contribution is 0.0523. The van der Waals surface area contributed by atoms with Crippen LogP contribution in [0.4, 0.5) is 5.69 Å². The number of nitrogens with zero attached hydrogens (tertiary/aromatic N) is 1. The van der Waals surface area contributed by atoms with Crippen LogP contribution in [0.5, 0.6) is 5.75 Å². The van der Waals surface area contributed by atoms with Crippen LogP contribution in [-0.4, -0.2) is 24.5 Å². The lowest BCUT2D eigenvalue weighted by Gasteiger charge is -2.33. The fourth-order valence-electron chi connectivity index (χ4n) is 3.34. The van der Waals surface area contributed by atoms with Crippen molar-refractivity contribution in [3.05, 3.63) is 76.7 Å². The van der Waals surface area contributed by atoms with Crippen LogP contribution in [0.15, 0.2) is 64.3 Å². The number of fused-ring (bicyclic) bond motifs is 3.